The number of hydrogen-bond donors (Lipinski definition) is 2. The fourth-order valence-corrected chi connectivity index (χ4v) is 4.18. The van der Waals surface area contributed by atoms with E-state index in [9.17, 15) is 9.90 Å². The maximum absolute atomic E-state index is 11.8. The van der Waals surface area contributed by atoms with Crippen molar-refractivity contribution in [2.24, 2.45) is 5.92 Å². The number of likely N-dealkylation sites (N-methyl/N-ethyl adjacent to an activating group) is 1. The topological polar surface area (TPSA) is 61.8 Å². The first-order chi connectivity index (χ1) is 9.98. The summed E-state index contributed by atoms with van der Waals surface area (Å²) in [6.45, 7) is 9.82. The third kappa shape index (κ3) is 3.76. The molecule has 2 fully saturated rings. The molecule has 4 unspecified atom stereocenters. The van der Waals surface area contributed by atoms with Crippen molar-refractivity contribution >= 4 is 5.97 Å². The van der Waals surface area contributed by atoms with Crippen LogP contribution in [-0.4, -0.2) is 59.9 Å². The Morgan fingerprint density at radius 3 is 2.62 bits per heavy atom. The molecule has 1 aliphatic carbocycles. The number of hydrogen-bond acceptors (Lipinski definition) is 4. The minimum Gasteiger partial charge on any atom is -0.480 e. The molecule has 0 radical (unpaired) electrons. The first kappa shape index (κ1) is 16.7. The highest BCUT2D eigenvalue weighted by atomic mass is 16.5. The van der Waals surface area contributed by atoms with E-state index in [0.717, 1.165) is 45.3 Å². The van der Waals surface area contributed by atoms with Gasteiger partial charge in [-0.05, 0) is 52.1 Å². The third-order valence-corrected chi connectivity index (χ3v) is 4.98. The van der Waals surface area contributed by atoms with Gasteiger partial charge in [-0.25, -0.2) is 0 Å². The SMILES string of the molecule is CCNC1(C(=O)O)CCCC1CCN1CC(C)OC(C)C1. The van der Waals surface area contributed by atoms with Crippen molar-refractivity contribution in [2.45, 2.75) is 64.2 Å². The molecule has 0 aromatic carbocycles. The number of ether oxygens (including phenoxy) is 1. The molecule has 0 spiro atoms. The Bertz CT molecular complexity index is 353. The van der Waals surface area contributed by atoms with Gasteiger partial charge in [0.05, 0.1) is 12.2 Å². The van der Waals surface area contributed by atoms with Crippen molar-refractivity contribution in [3.05, 3.63) is 0 Å². The quantitative estimate of drug-likeness (QED) is 0.782. The van der Waals surface area contributed by atoms with E-state index in [1.165, 1.54) is 0 Å². The molecular formula is C16H30N2O3. The lowest BCUT2D eigenvalue weighted by molar-refractivity contribution is -0.147. The second-order valence-corrected chi connectivity index (χ2v) is 6.70. The van der Waals surface area contributed by atoms with Gasteiger partial charge in [0.25, 0.3) is 0 Å². The van der Waals surface area contributed by atoms with Crippen LogP contribution in [0.3, 0.4) is 0 Å². The second kappa shape index (κ2) is 7.07. The average molecular weight is 298 g/mol. The number of carboxylic acid groups (broad SMARTS) is 1. The summed E-state index contributed by atoms with van der Waals surface area (Å²) in [6.07, 6.45) is 4.30. The number of carbonyl (C=O) groups is 1. The fraction of sp³-hybridized carbons (Fsp3) is 0.938. The van der Waals surface area contributed by atoms with Crippen LogP contribution < -0.4 is 5.32 Å². The molecule has 2 aliphatic rings. The normalized spacial score (nSPS) is 37.8. The van der Waals surface area contributed by atoms with Crippen molar-refractivity contribution in [2.75, 3.05) is 26.2 Å². The number of aliphatic carboxylic acids is 1. The number of morpholine rings is 1. The van der Waals surface area contributed by atoms with Crippen LogP contribution in [0.5, 0.6) is 0 Å². The Morgan fingerprint density at radius 1 is 1.38 bits per heavy atom. The molecule has 4 atom stereocenters. The van der Waals surface area contributed by atoms with Crippen molar-refractivity contribution in [3.63, 3.8) is 0 Å². The van der Waals surface area contributed by atoms with E-state index >= 15 is 0 Å². The molecule has 5 heteroatoms. The van der Waals surface area contributed by atoms with E-state index in [1.807, 2.05) is 6.92 Å². The molecular weight excluding hydrogens is 268 g/mol. The van der Waals surface area contributed by atoms with Gasteiger partial charge < -0.3 is 15.2 Å². The number of rotatable bonds is 6. The molecule has 1 aliphatic heterocycles. The van der Waals surface area contributed by atoms with Gasteiger partial charge >= 0.3 is 5.97 Å². The van der Waals surface area contributed by atoms with E-state index in [4.69, 9.17) is 4.74 Å². The van der Waals surface area contributed by atoms with Crippen LogP contribution in [0.2, 0.25) is 0 Å². The van der Waals surface area contributed by atoms with Crippen LogP contribution in [0.1, 0.15) is 46.5 Å². The Hall–Kier alpha value is -0.650. The molecule has 1 heterocycles. The highest BCUT2D eigenvalue weighted by Gasteiger charge is 2.48. The molecule has 122 valence electrons. The Balaban J connectivity index is 1.93. The first-order valence-electron chi connectivity index (χ1n) is 8.34. The monoisotopic (exact) mass is 298 g/mol. The highest BCUT2D eigenvalue weighted by Crippen LogP contribution is 2.38. The Labute approximate surface area is 128 Å². The van der Waals surface area contributed by atoms with E-state index in [1.54, 1.807) is 0 Å². The predicted octanol–water partition coefficient (Wildman–Crippen LogP) is 1.72. The summed E-state index contributed by atoms with van der Waals surface area (Å²) in [4.78, 5) is 14.2. The van der Waals surface area contributed by atoms with Crippen LogP contribution in [0, 0.1) is 5.92 Å². The van der Waals surface area contributed by atoms with Gasteiger partial charge in [0.1, 0.15) is 5.54 Å². The lowest BCUT2D eigenvalue weighted by Gasteiger charge is -2.37. The summed E-state index contributed by atoms with van der Waals surface area (Å²) in [6, 6.07) is 0. The molecule has 2 rings (SSSR count). The number of nitrogens with zero attached hydrogens (tertiary/aromatic N) is 1. The van der Waals surface area contributed by atoms with Gasteiger partial charge in [0.2, 0.25) is 0 Å². The Kier molecular flexibility index (Phi) is 5.63. The van der Waals surface area contributed by atoms with Crippen LogP contribution in [0.15, 0.2) is 0 Å². The molecule has 1 saturated carbocycles. The molecule has 0 aromatic heterocycles. The Morgan fingerprint density at radius 2 is 2.05 bits per heavy atom. The van der Waals surface area contributed by atoms with Crippen molar-refractivity contribution in [1.82, 2.24) is 10.2 Å². The van der Waals surface area contributed by atoms with Gasteiger partial charge in [-0.15, -0.1) is 0 Å². The van der Waals surface area contributed by atoms with Crippen molar-refractivity contribution in [3.8, 4) is 0 Å². The maximum atomic E-state index is 11.8. The molecule has 0 amide bonds. The smallest absolute Gasteiger partial charge is 0.324 e. The predicted molar refractivity (Wildman–Crippen MR) is 82.5 cm³/mol. The number of carboxylic acids is 1. The largest absolute Gasteiger partial charge is 0.480 e. The second-order valence-electron chi connectivity index (χ2n) is 6.70. The maximum Gasteiger partial charge on any atom is 0.324 e. The first-order valence-corrected chi connectivity index (χ1v) is 8.34. The molecule has 0 aromatic rings. The van der Waals surface area contributed by atoms with E-state index in [-0.39, 0.29) is 18.1 Å². The van der Waals surface area contributed by atoms with E-state index in [0.29, 0.717) is 6.54 Å². The minimum atomic E-state index is -0.696. The fourth-order valence-electron chi connectivity index (χ4n) is 4.18. The summed E-state index contributed by atoms with van der Waals surface area (Å²) >= 11 is 0. The van der Waals surface area contributed by atoms with Crippen LogP contribution in [0.25, 0.3) is 0 Å². The van der Waals surface area contributed by atoms with Gasteiger partial charge in [0.15, 0.2) is 0 Å². The van der Waals surface area contributed by atoms with Gasteiger partial charge in [0, 0.05) is 13.1 Å². The zero-order valence-corrected chi connectivity index (χ0v) is 13.6. The van der Waals surface area contributed by atoms with Gasteiger partial charge in [-0.3, -0.25) is 9.69 Å². The van der Waals surface area contributed by atoms with Crippen molar-refractivity contribution in [1.29, 1.82) is 0 Å². The summed E-state index contributed by atoms with van der Waals surface area (Å²) in [5, 5.41) is 13.0. The zero-order chi connectivity index (χ0) is 15.5. The standard InChI is InChI=1S/C16H30N2O3/c1-4-17-16(15(19)20)8-5-6-14(16)7-9-18-10-12(2)21-13(3)11-18/h12-14,17H,4-11H2,1-3H3,(H,19,20). The van der Waals surface area contributed by atoms with Crippen molar-refractivity contribution < 1.29 is 14.6 Å². The minimum absolute atomic E-state index is 0.239. The summed E-state index contributed by atoms with van der Waals surface area (Å²) in [7, 11) is 0. The third-order valence-electron chi connectivity index (χ3n) is 4.98. The number of nitrogens with one attached hydrogen (secondary N) is 1. The van der Waals surface area contributed by atoms with Crippen LogP contribution in [0.4, 0.5) is 0 Å². The molecule has 0 bridgehead atoms. The van der Waals surface area contributed by atoms with E-state index in [2.05, 4.69) is 24.1 Å². The van der Waals surface area contributed by atoms with Crippen LogP contribution >= 0.6 is 0 Å². The van der Waals surface area contributed by atoms with Gasteiger partial charge in [-0.1, -0.05) is 13.3 Å². The molecule has 5 nitrogen and oxygen atoms in total. The molecule has 21 heavy (non-hydrogen) atoms. The summed E-state index contributed by atoms with van der Waals surface area (Å²) in [5.74, 6) is -0.432. The summed E-state index contributed by atoms with van der Waals surface area (Å²) < 4.78 is 5.76. The van der Waals surface area contributed by atoms with E-state index < -0.39 is 11.5 Å². The van der Waals surface area contributed by atoms with Crippen LogP contribution in [-0.2, 0) is 9.53 Å². The lowest BCUT2D eigenvalue weighted by atomic mass is 9.84. The zero-order valence-electron chi connectivity index (χ0n) is 13.6. The lowest BCUT2D eigenvalue weighted by Crippen LogP contribution is -2.55. The summed E-state index contributed by atoms with van der Waals surface area (Å²) in [5.41, 5.74) is -0.696. The highest BCUT2D eigenvalue weighted by molar-refractivity contribution is 5.79. The molecule has 2 N–H and O–H groups in total. The van der Waals surface area contributed by atoms with Gasteiger partial charge in [-0.2, -0.15) is 0 Å². The molecule has 1 saturated heterocycles. The average Bonchev–Trinajstić information content (AvgIpc) is 2.80.